The Morgan fingerprint density at radius 3 is 2.68 bits per heavy atom. The van der Waals surface area contributed by atoms with Gasteiger partial charge in [-0.1, -0.05) is 26.2 Å². The average molecular weight is 263 g/mol. The zero-order valence-corrected chi connectivity index (χ0v) is 12.4. The van der Waals surface area contributed by atoms with E-state index in [0.29, 0.717) is 12.6 Å². The lowest BCUT2D eigenvalue weighted by molar-refractivity contribution is 0.147. The normalized spacial score (nSPS) is 29.5. The lowest BCUT2D eigenvalue weighted by atomic mass is 9.90. The first-order valence-electron chi connectivity index (χ1n) is 8.14. The van der Waals surface area contributed by atoms with Crippen LogP contribution in [0.3, 0.4) is 0 Å². The number of likely N-dealkylation sites (tertiary alicyclic amines) is 1. The zero-order valence-electron chi connectivity index (χ0n) is 12.4. The van der Waals surface area contributed by atoms with Crippen LogP contribution >= 0.6 is 0 Å². The maximum absolute atomic E-state index is 8.91. The first kappa shape index (κ1) is 14.8. The summed E-state index contributed by atoms with van der Waals surface area (Å²) in [7, 11) is 0. The summed E-state index contributed by atoms with van der Waals surface area (Å²) in [5.41, 5.74) is 0. The van der Waals surface area contributed by atoms with E-state index in [2.05, 4.69) is 23.2 Å². The molecule has 2 rings (SSSR count). The number of hydrogen-bond acceptors (Lipinski definition) is 3. The van der Waals surface area contributed by atoms with Crippen molar-refractivity contribution < 1.29 is 0 Å². The first-order chi connectivity index (χ1) is 9.31. The molecular weight excluding hydrogens is 234 g/mol. The summed E-state index contributed by atoms with van der Waals surface area (Å²) in [4.78, 5) is 2.34. The van der Waals surface area contributed by atoms with Crippen molar-refractivity contribution in [3.05, 3.63) is 0 Å². The fourth-order valence-corrected chi connectivity index (χ4v) is 3.84. The molecule has 1 aliphatic heterocycles. The number of nitrogens with zero attached hydrogens (tertiary/aromatic N) is 2. The number of nitriles is 1. The molecule has 1 saturated carbocycles. The van der Waals surface area contributed by atoms with Crippen molar-refractivity contribution in [3.63, 3.8) is 0 Å². The van der Waals surface area contributed by atoms with Crippen molar-refractivity contribution in [2.75, 3.05) is 26.2 Å². The minimum absolute atomic E-state index is 0.599. The van der Waals surface area contributed by atoms with Crippen molar-refractivity contribution in [1.29, 1.82) is 5.26 Å². The lowest BCUT2D eigenvalue weighted by Crippen LogP contribution is -2.50. The monoisotopic (exact) mass is 263 g/mol. The van der Waals surface area contributed by atoms with Gasteiger partial charge in [0.2, 0.25) is 0 Å². The predicted octanol–water partition coefficient (Wildman–Crippen LogP) is 2.78. The molecule has 0 aromatic rings. The van der Waals surface area contributed by atoms with Crippen molar-refractivity contribution in [3.8, 4) is 6.07 Å². The van der Waals surface area contributed by atoms with Crippen LogP contribution in [0.15, 0.2) is 0 Å². The van der Waals surface area contributed by atoms with Crippen molar-refractivity contribution in [1.82, 2.24) is 10.2 Å². The standard InChI is InChI=1S/C16H29N3/c1-2-5-15-10-16(13-19(12-15)9-8-17)18-11-14-6-3-4-7-14/h14-16,18H,2-7,9-13H2,1H3. The van der Waals surface area contributed by atoms with Crippen LogP contribution in [0.1, 0.15) is 51.9 Å². The van der Waals surface area contributed by atoms with E-state index in [0.717, 1.165) is 24.9 Å². The largest absolute Gasteiger partial charge is 0.312 e. The minimum atomic E-state index is 0.599. The van der Waals surface area contributed by atoms with E-state index in [9.17, 15) is 0 Å². The second kappa shape index (κ2) is 7.87. The third-order valence-corrected chi connectivity index (χ3v) is 4.77. The van der Waals surface area contributed by atoms with Gasteiger partial charge in [0.25, 0.3) is 0 Å². The molecule has 2 fully saturated rings. The Balaban J connectivity index is 1.78. The molecule has 2 aliphatic rings. The highest BCUT2D eigenvalue weighted by atomic mass is 15.2. The fourth-order valence-electron chi connectivity index (χ4n) is 3.84. The Kier molecular flexibility index (Phi) is 6.13. The average Bonchev–Trinajstić information content (AvgIpc) is 2.90. The maximum Gasteiger partial charge on any atom is 0.0866 e. The smallest absolute Gasteiger partial charge is 0.0866 e. The van der Waals surface area contributed by atoms with Crippen LogP contribution in [-0.4, -0.2) is 37.1 Å². The van der Waals surface area contributed by atoms with Crippen LogP contribution < -0.4 is 5.32 Å². The molecule has 1 aliphatic carbocycles. The lowest BCUT2D eigenvalue weighted by Gasteiger charge is -2.37. The van der Waals surface area contributed by atoms with Gasteiger partial charge in [0.15, 0.2) is 0 Å². The third kappa shape index (κ3) is 4.78. The molecule has 0 bridgehead atoms. The summed E-state index contributed by atoms with van der Waals surface area (Å²) in [5, 5.41) is 12.7. The molecule has 3 heteroatoms. The fraction of sp³-hybridized carbons (Fsp3) is 0.938. The maximum atomic E-state index is 8.91. The van der Waals surface area contributed by atoms with E-state index in [4.69, 9.17) is 5.26 Å². The SMILES string of the molecule is CCCC1CC(NCC2CCCC2)CN(CC#N)C1. The van der Waals surface area contributed by atoms with Gasteiger partial charge in [-0.05, 0) is 44.1 Å². The highest BCUT2D eigenvalue weighted by Gasteiger charge is 2.27. The topological polar surface area (TPSA) is 39.1 Å². The van der Waals surface area contributed by atoms with Gasteiger partial charge < -0.3 is 5.32 Å². The van der Waals surface area contributed by atoms with Gasteiger partial charge in [0, 0.05) is 19.1 Å². The molecular formula is C16H29N3. The minimum Gasteiger partial charge on any atom is -0.312 e. The second-order valence-electron chi connectivity index (χ2n) is 6.50. The van der Waals surface area contributed by atoms with Gasteiger partial charge in [0.05, 0.1) is 12.6 Å². The van der Waals surface area contributed by atoms with Crippen LogP contribution in [0.2, 0.25) is 0 Å². The first-order valence-corrected chi connectivity index (χ1v) is 8.14. The van der Waals surface area contributed by atoms with Crippen LogP contribution in [0, 0.1) is 23.2 Å². The molecule has 108 valence electrons. The molecule has 3 nitrogen and oxygen atoms in total. The summed E-state index contributed by atoms with van der Waals surface area (Å²) in [6, 6.07) is 2.93. The number of hydrogen-bond donors (Lipinski definition) is 1. The predicted molar refractivity (Wildman–Crippen MR) is 78.8 cm³/mol. The number of rotatable bonds is 6. The van der Waals surface area contributed by atoms with Crippen LogP contribution in [0.4, 0.5) is 0 Å². The highest BCUT2D eigenvalue weighted by Crippen LogP contribution is 2.25. The zero-order chi connectivity index (χ0) is 13.5. The molecule has 19 heavy (non-hydrogen) atoms. The Hall–Kier alpha value is -0.590. The van der Waals surface area contributed by atoms with Gasteiger partial charge in [-0.25, -0.2) is 0 Å². The molecule has 0 amide bonds. The molecule has 0 spiro atoms. The van der Waals surface area contributed by atoms with Crippen LogP contribution in [-0.2, 0) is 0 Å². The highest BCUT2D eigenvalue weighted by molar-refractivity contribution is 4.88. The molecule has 1 heterocycles. The summed E-state index contributed by atoms with van der Waals surface area (Å²) in [6.07, 6.45) is 9.57. The summed E-state index contributed by atoms with van der Waals surface area (Å²) < 4.78 is 0. The third-order valence-electron chi connectivity index (χ3n) is 4.77. The summed E-state index contributed by atoms with van der Waals surface area (Å²) in [5.74, 6) is 1.70. The Morgan fingerprint density at radius 2 is 2.00 bits per heavy atom. The Morgan fingerprint density at radius 1 is 1.21 bits per heavy atom. The van der Waals surface area contributed by atoms with E-state index in [1.807, 2.05) is 0 Å². The van der Waals surface area contributed by atoms with Gasteiger partial charge >= 0.3 is 0 Å². The van der Waals surface area contributed by atoms with Crippen molar-refractivity contribution in [2.24, 2.45) is 11.8 Å². The van der Waals surface area contributed by atoms with Gasteiger partial charge in [0.1, 0.15) is 0 Å². The number of nitrogens with one attached hydrogen (secondary N) is 1. The molecule has 1 N–H and O–H groups in total. The van der Waals surface area contributed by atoms with Crippen molar-refractivity contribution >= 4 is 0 Å². The molecule has 2 atom stereocenters. The van der Waals surface area contributed by atoms with Gasteiger partial charge in [-0.2, -0.15) is 5.26 Å². The van der Waals surface area contributed by atoms with Crippen LogP contribution in [0.5, 0.6) is 0 Å². The molecule has 0 radical (unpaired) electrons. The summed E-state index contributed by atoms with van der Waals surface area (Å²) >= 11 is 0. The Labute approximate surface area is 118 Å². The van der Waals surface area contributed by atoms with E-state index < -0.39 is 0 Å². The molecule has 0 aromatic heterocycles. The molecule has 2 unspecified atom stereocenters. The van der Waals surface area contributed by atoms with Gasteiger partial charge in [-0.3, -0.25) is 4.90 Å². The van der Waals surface area contributed by atoms with E-state index in [-0.39, 0.29) is 0 Å². The van der Waals surface area contributed by atoms with Gasteiger partial charge in [-0.15, -0.1) is 0 Å². The summed E-state index contributed by atoms with van der Waals surface area (Å²) in [6.45, 7) is 6.26. The van der Waals surface area contributed by atoms with E-state index >= 15 is 0 Å². The van der Waals surface area contributed by atoms with E-state index in [1.165, 1.54) is 51.5 Å². The molecule has 1 saturated heterocycles. The molecule has 0 aromatic carbocycles. The second-order valence-corrected chi connectivity index (χ2v) is 6.50. The van der Waals surface area contributed by atoms with Crippen LogP contribution in [0.25, 0.3) is 0 Å². The quantitative estimate of drug-likeness (QED) is 0.749. The Bertz CT molecular complexity index is 291. The van der Waals surface area contributed by atoms with E-state index in [1.54, 1.807) is 0 Å². The number of piperidine rings is 1. The van der Waals surface area contributed by atoms with Crippen molar-refractivity contribution in [2.45, 2.75) is 57.9 Å².